The summed E-state index contributed by atoms with van der Waals surface area (Å²) < 4.78 is 8.27. The molecule has 4 nitrogen and oxygen atoms in total. The van der Waals surface area contributed by atoms with Gasteiger partial charge in [-0.05, 0) is 55.6 Å². The van der Waals surface area contributed by atoms with Crippen LogP contribution in [0.1, 0.15) is 64.1 Å². The van der Waals surface area contributed by atoms with Gasteiger partial charge in [0.15, 0.2) is 0 Å². The molecule has 4 rings (SSSR count). The van der Waals surface area contributed by atoms with Gasteiger partial charge < -0.3 is 9.30 Å². The van der Waals surface area contributed by atoms with E-state index < -0.39 is 0 Å². The van der Waals surface area contributed by atoms with Crippen LogP contribution in [-0.4, -0.2) is 27.6 Å². The van der Waals surface area contributed by atoms with Crippen molar-refractivity contribution in [2.45, 2.75) is 72.5 Å². The fourth-order valence-corrected chi connectivity index (χ4v) is 4.95. The van der Waals surface area contributed by atoms with Crippen molar-refractivity contribution in [2.75, 3.05) is 13.2 Å². The van der Waals surface area contributed by atoms with Gasteiger partial charge in [0.2, 0.25) is 0 Å². The molecule has 206 valence electrons. The number of hydrogen-bond donors (Lipinski definition) is 0. The van der Waals surface area contributed by atoms with Gasteiger partial charge in [-0.1, -0.05) is 99.8 Å². The molecule has 0 amide bonds. The molecule has 1 aromatic heterocycles. The second-order valence-corrected chi connectivity index (χ2v) is 10.6. The van der Waals surface area contributed by atoms with E-state index in [0.717, 1.165) is 98.3 Å². The second kappa shape index (κ2) is 14.9. The van der Waals surface area contributed by atoms with Crippen LogP contribution in [0, 0.1) is 0 Å². The third-order valence-corrected chi connectivity index (χ3v) is 7.21. The summed E-state index contributed by atoms with van der Waals surface area (Å²) in [5, 5.41) is 0.741. The molecule has 1 heterocycles. The molecule has 5 heteroatoms. The molecular weight excluding hydrogens is 502 g/mol. The quantitative estimate of drug-likeness (QED) is 0.150. The molecule has 0 bridgehead atoms. The van der Waals surface area contributed by atoms with Gasteiger partial charge in [0, 0.05) is 35.8 Å². The lowest BCUT2D eigenvalue weighted by molar-refractivity contribution is 0.246. The van der Waals surface area contributed by atoms with Crippen molar-refractivity contribution < 1.29 is 4.74 Å². The number of ether oxygens (including phenoxy) is 1. The standard InChI is InChI=1S/C34H42ClN3O/c1-4-7-22-37(25-27-14-20-31(21-15-27)39-24-6-3)26-32-33(28-16-18-30(35)19-17-28)36-34(38(32)23-8-5-2)29-12-10-9-11-13-29/h9-21H,4-8,22-26H2,1-3H3. The van der Waals surface area contributed by atoms with E-state index in [1.54, 1.807) is 0 Å². The Morgan fingerprint density at radius 1 is 0.769 bits per heavy atom. The summed E-state index contributed by atoms with van der Waals surface area (Å²) >= 11 is 6.27. The third-order valence-electron chi connectivity index (χ3n) is 6.96. The highest BCUT2D eigenvalue weighted by Crippen LogP contribution is 2.32. The first-order valence-electron chi connectivity index (χ1n) is 14.5. The summed E-state index contributed by atoms with van der Waals surface area (Å²) in [5.41, 5.74) is 5.87. The minimum absolute atomic E-state index is 0.741. The first-order valence-corrected chi connectivity index (χ1v) is 14.9. The van der Waals surface area contributed by atoms with E-state index in [1.165, 1.54) is 11.3 Å². The van der Waals surface area contributed by atoms with Crippen molar-refractivity contribution in [2.24, 2.45) is 0 Å². The Labute approximate surface area is 239 Å². The predicted molar refractivity (Wildman–Crippen MR) is 164 cm³/mol. The second-order valence-electron chi connectivity index (χ2n) is 10.2. The van der Waals surface area contributed by atoms with Crippen molar-refractivity contribution in [3.05, 3.63) is 95.1 Å². The van der Waals surface area contributed by atoms with Crippen LogP contribution in [0.2, 0.25) is 5.02 Å². The van der Waals surface area contributed by atoms with Crippen LogP contribution in [0.4, 0.5) is 0 Å². The maximum atomic E-state index is 6.27. The number of unbranched alkanes of at least 4 members (excludes halogenated alkanes) is 2. The minimum Gasteiger partial charge on any atom is -0.494 e. The average molecular weight is 544 g/mol. The summed E-state index contributed by atoms with van der Waals surface area (Å²) in [7, 11) is 0. The molecule has 3 aromatic carbocycles. The number of halogens is 1. The molecule has 39 heavy (non-hydrogen) atoms. The first kappa shape index (κ1) is 28.9. The van der Waals surface area contributed by atoms with Gasteiger partial charge >= 0.3 is 0 Å². The topological polar surface area (TPSA) is 30.3 Å². The molecule has 0 atom stereocenters. The minimum atomic E-state index is 0.741. The Morgan fingerprint density at radius 2 is 1.49 bits per heavy atom. The first-order chi connectivity index (χ1) is 19.1. The van der Waals surface area contributed by atoms with Gasteiger partial charge in [0.1, 0.15) is 11.6 Å². The number of hydrogen-bond acceptors (Lipinski definition) is 3. The van der Waals surface area contributed by atoms with Crippen molar-refractivity contribution in [3.63, 3.8) is 0 Å². The maximum absolute atomic E-state index is 6.27. The average Bonchev–Trinajstić information content (AvgIpc) is 3.32. The van der Waals surface area contributed by atoms with Crippen molar-refractivity contribution in [1.29, 1.82) is 0 Å². The maximum Gasteiger partial charge on any atom is 0.140 e. The van der Waals surface area contributed by atoms with Gasteiger partial charge in [-0.25, -0.2) is 4.98 Å². The molecule has 0 radical (unpaired) electrons. The van der Waals surface area contributed by atoms with Crippen molar-refractivity contribution in [3.8, 4) is 28.4 Å². The van der Waals surface area contributed by atoms with E-state index >= 15 is 0 Å². The summed E-state index contributed by atoms with van der Waals surface area (Å²) in [6.45, 7) is 11.1. The van der Waals surface area contributed by atoms with Crippen LogP contribution in [0.5, 0.6) is 5.75 Å². The van der Waals surface area contributed by atoms with Crippen LogP contribution in [0.15, 0.2) is 78.9 Å². The molecule has 0 aliphatic carbocycles. The smallest absolute Gasteiger partial charge is 0.140 e. The third kappa shape index (κ3) is 7.97. The lowest BCUT2D eigenvalue weighted by atomic mass is 10.1. The summed E-state index contributed by atoms with van der Waals surface area (Å²) in [4.78, 5) is 7.86. The van der Waals surface area contributed by atoms with E-state index in [-0.39, 0.29) is 0 Å². The molecule has 0 spiro atoms. The Bertz CT molecular complexity index is 1270. The normalized spacial score (nSPS) is 11.3. The molecule has 0 aliphatic rings. The van der Waals surface area contributed by atoms with Gasteiger partial charge in [-0.15, -0.1) is 0 Å². The van der Waals surface area contributed by atoms with Crippen LogP contribution >= 0.6 is 11.6 Å². The fourth-order valence-electron chi connectivity index (χ4n) is 4.83. The van der Waals surface area contributed by atoms with Gasteiger partial charge in [0.05, 0.1) is 18.0 Å². The summed E-state index contributed by atoms with van der Waals surface area (Å²) in [5.74, 6) is 1.98. The number of benzene rings is 3. The van der Waals surface area contributed by atoms with Crippen LogP contribution < -0.4 is 4.74 Å². The van der Waals surface area contributed by atoms with E-state index in [0.29, 0.717) is 0 Å². The lowest BCUT2D eigenvalue weighted by Gasteiger charge is -2.24. The van der Waals surface area contributed by atoms with Gasteiger partial charge in [-0.3, -0.25) is 4.90 Å². The van der Waals surface area contributed by atoms with E-state index in [2.05, 4.69) is 97.0 Å². The Kier molecular flexibility index (Phi) is 11.1. The zero-order chi connectivity index (χ0) is 27.5. The molecule has 0 saturated heterocycles. The zero-order valence-corrected chi connectivity index (χ0v) is 24.5. The highest BCUT2D eigenvalue weighted by atomic mass is 35.5. The van der Waals surface area contributed by atoms with Gasteiger partial charge in [-0.2, -0.15) is 0 Å². The number of nitrogens with zero attached hydrogens (tertiary/aromatic N) is 3. The fraction of sp³-hybridized carbons (Fsp3) is 0.382. The highest BCUT2D eigenvalue weighted by molar-refractivity contribution is 6.30. The van der Waals surface area contributed by atoms with E-state index in [4.69, 9.17) is 21.3 Å². The number of imidazole rings is 1. The highest BCUT2D eigenvalue weighted by Gasteiger charge is 2.22. The molecule has 4 aromatic rings. The van der Waals surface area contributed by atoms with Crippen molar-refractivity contribution in [1.82, 2.24) is 14.5 Å². The monoisotopic (exact) mass is 543 g/mol. The summed E-state index contributed by atoms with van der Waals surface area (Å²) in [6, 6.07) is 27.3. The van der Waals surface area contributed by atoms with Crippen LogP contribution in [0.25, 0.3) is 22.6 Å². The van der Waals surface area contributed by atoms with Crippen LogP contribution in [0.3, 0.4) is 0 Å². The number of aromatic nitrogens is 2. The molecule has 0 unspecified atom stereocenters. The lowest BCUT2D eigenvalue weighted by Crippen LogP contribution is -2.26. The Hall–Kier alpha value is -3.08. The predicted octanol–water partition coefficient (Wildman–Crippen LogP) is 9.26. The van der Waals surface area contributed by atoms with Crippen molar-refractivity contribution >= 4 is 11.6 Å². The largest absolute Gasteiger partial charge is 0.494 e. The van der Waals surface area contributed by atoms with E-state index in [9.17, 15) is 0 Å². The summed E-state index contributed by atoms with van der Waals surface area (Å²) in [6.07, 6.45) is 5.57. The molecule has 0 fully saturated rings. The van der Waals surface area contributed by atoms with Crippen LogP contribution in [-0.2, 0) is 19.6 Å². The molecule has 0 N–H and O–H groups in total. The number of rotatable bonds is 15. The molecule has 0 aliphatic heterocycles. The molecular formula is C34H42ClN3O. The van der Waals surface area contributed by atoms with E-state index in [1.807, 2.05) is 12.1 Å². The Balaban J connectivity index is 1.73. The molecule has 0 saturated carbocycles. The zero-order valence-electron chi connectivity index (χ0n) is 23.7. The SMILES string of the molecule is CCCCN(Cc1ccc(OCCC)cc1)Cc1c(-c2ccc(Cl)cc2)nc(-c2ccccc2)n1CCCC. The van der Waals surface area contributed by atoms with Gasteiger partial charge in [0.25, 0.3) is 0 Å². The Morgan fingerprint density at radius 3 is 2.15 bits per heavy atom.